The molecule has 2 aromatic carbocycles. The zero-order valence-corrected chi connectivity index (χ0v) is 15.6. The number of nitrogens with one attached hydrogen (secondary N) is 2. The van der Waals surface area contributed by atoms with Crippen LogP contribution in [0.2, 0.25) is 0 Å². The Morgan fingerprint density at radius 1 is 1.04 bits per heavy atom. The molecule has 1 aliphatic carbocycles. The van der Waals surface area contributed by atoms with Gasteiger partial charge >= 0.3 is 12.0 Å². The molecular weight excluding hydrogens is 340 g/mol. The van der Waals surface area contributed by atoms with Crippen molar-refractivity contribution in [2.75, 3.05) is 0 Å². The molecule has 1 aliphatic rings. The highest BCUT2D eigenvalue weighted by atomic mass is 16.4. The molecule has 142 valence electrons. The molecule has 0 saturated heterocycles. The molecule has 3 rings (SSSR count). The zero-order chi connectivity index (χ0) is 19.2. The van der Waals surface area contributed by atoms with Gasteiger partial charge in [0.2, 0.25) is 0 Å². The molecule has 0 aromatic heterocycles. The van der Waals surface area contributed by atoms with E-state index in [1.165, 1.54) is 16.7 Å². The number of aryl methyl sites for hydroxylation is 1. The predicted molar refractivity (Wildman–Crippen MR) is 105 cm³/mol. The molecule has 0 unspecified atom stereocenters. The topological polar surface area (TPSA) is 78.4 Å². The van der Waals surface area contributed by atoms with Gasteiger partial charge < -0.3 is 15.7 Å². The number of hydrogen-bond acceptors (Lipinski definition) is 2. The van der Waals surface area contributed by atoms with Crippen molar-refractivity contribution in [1.82, 2.24) is 10.6 Å². The van der Waals surface area contributed by atoms with Crippen molar-refractivity contribution >= 4 is 12.0 Å². The normalized spacial score (nSPS) is 19.3. The summed E-state index contributed by atoms with van der Waals surface area (Å²) in [6.45, 7) is 2.54. The highest BCUT2D eigenvalue weighted by Gasteiger charge is 2.26. The molecule has 5 heteroatoms. The van der Waals surface area contributed by atoms with Crippen LogP contribution in [0.1, 0.15) is 36.8 Å². The van der Waals surface area contributed by atoms with E-state index in [9.17, 15) is 9.59 Å². The summed E-state index contributed by atoms with van der Waals surface area (Å²) in [6.07, 6.45) is 2.69. The maximum absolute atomic E-state index is 12.1. The molecule has 0 radical (unpaired) electrons. The Hall–Kier alpha value is -2.82. The second-order valence-corrected chi connectivity index (χ2v) is 7.23. The van der Waals surface area contributed by atoms with Gasteiger partial charge in [0.1, 0.15) is 0 Å². The van der Waals surface area contributed by atoms with E-state index in [-0.39, 0.29) is 18.0 Å². The van der Waals surface area contributed by atoms with Crippen molar-refractivity contribution in [3.8, 4) is 11.1 Å². The van der Waals surface area contributed by atoms with E-state index in [0.717, 1.165) is 18.4 Å². The Kier molecular flexibility index (Phi) is 6.12. The molecule has 0 heterocycles. The first-order chi connectivity index (χ1) is 13.0. The molecule has 1 fully saturated rings. The van der Waals surface area contributed by atoms with Crippen molar-refractivity contribution in [1.29, 1.82) is 0 Å². The molecule has 3 N–H and O–H groups in total. The fourth-order valence-corrected chi connectivity index (χ4v) is 3.68. The monoisotopic (exact) mass is 366 g/mol. The average Bonchev–Trinajstić information content (AvgIpc) is 2.67. The number of benzene rings is 2. The van der Waals surface area contributed by atoms with Gasteiger partial charge in [0, 0.05) is 12.6 Å². The number of hydrogen-bond donors (Lipinski definition) is 3. The van der Waals surface area contributed by atoms with Gasteiger partial charge in [-0.3, -0.25) is 4.79 Å². The molecule has 0 atom stereocenters. The molecular formula is C22H26N2O3. The number of carboxylic acid groups (broad SMARTS) is 1. The van der Waals surface area contributed by atoms with Gasteiger partial charge in [0.05, 0.1) is 5.92 Å². The zero-order valence-electron chi connectivity index (χ0n) is 15.6. The van der Waals surface area contributed by atoms with Crippen LogP contribution in [0.15, 0.2) is 48.5 Å². The lowest BCUT2D eigenvalue weighted by atomic mass is 9.86. The second kappa shape index (κ2) is 8.71. The molecule has 0 spiro atoms. The molecule has 1 saturated carbocycles. The van der Waals surface area contributed by atoms with Crippen LogP contribution in [-0.4, -0.2) is 23.1 Å². The summed E-state index contributed by atoms with van der Waals surface area (Å²) in [6, 6.07) is 16.3. The summed E-state index contributed by atoms with van der Waals surface area (Å²) < 4.78 is 0. The SMILES string of the molecule is Cc1cc(CNC(=O)NC2CCC(C(=O)O)CC2)ccc1-c1ccccc1. The first kappa shape index (κ1) is 19.0. The molecule has 2 amide bonds. The quantitative estimate of drug-likeness (QED) is 0.745. The van der Waals surface area contributed by atoms with E-state index < -0.39 is 5.97 Å². The summed E-state index contributed by atoms with van der Waals surface area (Å²) in [7, 11) is 0. The minimum Gasteiger partial charge on any atom is -0.481 e. The smallest absolute Gasteiger partial charge is 0.315 e. The summed E-state index contributed by atoms with van der Waals surface area (Å²) in [5.74, 6) is -0.996. The van der Waals surface area contributed by atoms with Crippen LogP contribution in [-0.2, 0) is 11.3 Å². The van der Waals surface area contributed by atoms with Gasteiger partial charge in [-0.05, 0) is 54.9 Å². The van der Waals surface area contributed by atoms with E-state index in [1.807, 2.05) is 24.3 Å². The minimum absolute atomic E-state index is 0.0581. The van der Waals surface area contributed by atoms with Crippen LogP contribution >= 0.6 is 0 Å². The van der Waals surface area contributed by atoms with Crippen molar-refractivity contribution in [3.05, 3.63) is 59.7 Å². The van der Waals surface area contributed by atoms with Crippen LogP contribution in [0.4, 0.5) is 4.79 Å². The number of carbonyl (C=O) groups is 2. The van der Waals surface area contributed by atoms with E-state index >= 15 is 0 Å². The average molecular weight is 366 g/mol. The summed E-state index contributed by atoms with van der Waals surface area (Å²) in [5.41, 5.74) is 4.60. The second-order valence-electron chi connectivity index (χ2n) is 7.23. The standard InChI is InChI=1S/C22H26N2O3/c1-15-13-16(7-12-20(15)17-5-3-2-4-6-17)14-23-22(27)24-19-10-8-18(9-11-19)21(25)26/h2-7,12-13,18-19H,8-11,14H2,1H3,(H,25,26)(H2,23,24,27). The van der Waals surface area contributed by atoms with Crippen LogP contribution in [0.3, 0.4) is 0 Å². The summed E-state index contributed by atoms with van der Waals surface area (Å²) >= 11 is 0. The lowest BCUT2D eigenvalue weighted by Gasteiger charge is -2.26. The maximum atomic E-state index is 12.1. The first-order valence-electron chi connectivity index (χ1n) is 9.45. The van der Waals surface area contributed by atoms with E-state index in [0.29, 0.717) is 19.4 Å². The lowest BCUT2D eigenvalue weighted by Crippen LogP contribution is -2.43. The number of rotatable bonds is 5. The fourth-order valence-electron chi connectivity index (χ4n) is 3.68. The Bertz CT molecular complexity index is 796. The third-order valence-corrected chi connectivity index (χ3v) is 5.24. The largest absolute Gasteiger partial charge is 0.481 e. The van der Waals surface area contributed by atoms with Crippen LogP contribution in [0.25, 0.3) is 11.1 Å². The van der Waals surface area contributed by atoms with E-state index in [1.54, 1.807) is 0 Å². The number of carboxylic acids is 1. The minimum atomic E-state index is -0.729. The predicted octanol–water partition coefficient (Wildman–Crippen LogP) is 4.10. The fraction of sp³-hybridized carbons (Fsp3) is 0.364. The highest BCUT2D eigenvalue weighted by Crippen LogP contribution is 2.25. The van der Waals surface area contributed by atoms with E-state index in [2.05, 4.69) is 41.8 Å². The Balaban J connectivity index is 1.49. The van der Waals surface area contributed by atoms with Gasteiger partial charge in [-0.2, -0.15) is 0 Å². The molecule has 0 bridgehead atoms. The van der Waals surface area contributed by atoms with Crippen molar-refractivity contribution in [3.63, 3.8) is 0 Å². The van der Waals surface area contributed by atoms with Crippen molar-refractivity contribution in [2.24, 2.45) is 5.92 Å². The Morgan fingerprint density at radius 3 is 2.37 bits per heavy atom. The maximum Gasteiger partial charge on any atom is 0.315 e. The number of aliphatic carboxylic acids is 1. The Morgan fingerprint density at radius 2 is 1.74 bits per heavy atom. The molecule has 27 heavy (non-hydrogen) atoms. The lowest BCUT2D eigenvalue weighted by molar-refractivity contribution is -0.142. The third-order valence-electron chi connectivity index (χ3n) is 5.24. The number of amides is 2. The molecule has 2 aromatic rings. The number of carbonyl (C=O) groups excluding carboxylic acids is 1. The van der Waals surface area contributed by atoms with Gasteiger partial charge in [0.15, 0.2) is 0 Å². The van der Waals surface area contributed by atoms with Crippen molar-refractivity contribution in [2.45, 2.75) is 45.2 Å². The van der Waals surface area contributed by atoms with Crippen LogP contribution in [0.5, 0.6) is 0 Å². The van der Waals surface area contributed by atoms with E-state index in [4.69, 9.17) is 5.11 Å². The summed E-state index contributed by atoms with van der Waals surface area (Å²) in [4.78, 5) is 23.1. The molecule has 5 nitrogen and oxygen atoms in total. The van der Waals surface area contributed by atoms with Crippen molar-refractivity contribution < 1.29 is 14.7 Å². The molecule has 0 aliphatic heterocycles. The number of urea groups is 1. The summed E-state index contributed by atoms with van der Waals surface area (Å²) in [5, 5.41) is 14.9. The van der Waals surface area contributed by atoms with Gasteiger partial charge in [0.25, 0.3) is 0 Å². The highest BCUT2D eigenvalue weighted by molar-refractivity contribution is 5.74. The third kappa shape index (κ3) is 5.09. The Labute approximate surface area is 159 Å². The van der Waals surface area contributed by atoms with Gasteiger partial charge in [-0.1, -0.05) is 48.5 Å². The first-order valence-corrected chi connectivity index (χ1v) is 9.45. The van der Waals surface area contributed by atoms with Crippen LogP contribution in [0, 0.1) is 12.8 Å². The van der Waals surface area contributed by atoms with Crippen LogP contribution < -0.4 is 10.6 Å². The van der Waals surface area contributed by atoms with Gasteiger partial charge in [-0.25, -0.2) is 4.79 Å². The van der Waals surface area contributed by atoms with Gasteiger partial charge in [-0.15, -0.1) is 0 Å².